The molecule has 1 aromatic heterocycles. The van der Waals surface area contributed by atoms with Crippen LogP contribution in [0.25, 0.3) is 10.9 Å². The number of aromatic nitrogens is 2. The number of aromatic amines is 1. The van der Waals surface area contributed by atoms with E-state index in [9.17, 15) is 9.59 Å². The maximum absolute atomic E-state index is 12.3. The van der Waals surface area contributed by atoms with Crippen LogP contribution in [0.15, 0.2) is 53.3 Å². The summed E-state index contributed by atoms with van der Waals surface area (Å²) in [7, 11) is 0. The van der Waals surface area contributed by atoms with Crippen LogP contribution in [0.2, 0.25) is 0 Å². The number of aliphatic hydroxyl groups excluding tert-OH is 1. The number of carbonyl (C=O) groups is 1. The van der Waals surface area contributed by atoms with Gasteiger partial charge in [-0.15, -0.1) is 0 Å². The third-order valence-electron chi connectivity index (χ3n) is 3.52. The van der Waals surface area contributed by atoms with E-state index in [-0.39, 0.29) is 18.8 Å². The van der Waals surface area contributed by atoms with Crippen molar-refractivity contribution in [3.8, 4) is 0 Å². The SMILES string of the molecule is O=C(NCc1cccc(CO)c1)c1n[nH]c2ccccc2c1=O. The zero-order valence-corrected chi connectivity index (χ0v) is 12.2. The van der Waals surface area contributed by atoms with Crippen LogP contribution < -0.4 is 10.7 Å². The number of benzene rings is 2. The molecule has 3 N–H and O–H groups in total. The van der Waals surface area contributed by atoms with Crippen molar-refractivity contribution in [2.45, 2.75) is 13.2 Å². The highest BCUT2D eigenvalue weighted by molar-refractivity contribution is 5.95. The number of fused-ring (bicyclic) bond motifs is 1. The fraction of sp³-hybridized carbons (Fsp3) is 0.118. The highest BCUT2D eigenvalue weighted by Crippen LogP contribution is 2.07. The standard InChI is InChI=1S/C17H15N3O3/c21-10-12-5-3-4-11(8-12)9-18-17(23)15-16(22)13-6-1-2-7-14(13)19-20-15/h1-8,21H,9-10H2,(H,18,23)(H,19,22). The summed E-state index contributed by atoms with van der Waals surface area (Å²) in [6.45, 7) is 0.189. The van der Waals surface area contributed by atoms with Crippen molar-refractivity contribution in [2.75, 3.05) is 0 Å². The Balaban J connectivity index is 1.81. The second-order valence-corrected chi connectivity index (χ2v) is 5.11. The fourth-order valence-electron chi connectivity index (χ4n) is 2.33. The number of carbonyl (C=O) groups excluding carboxylic acids is 1. The lowest BCUT2D eigenvalue weighted by Crippen LogP contribution is -2.30. The summed E-state index contributed by atoms with van der Waals surface area (Å²) in [6, 6.07) is 14.1. The molecule has 0 radical (unpaired) electrons. The monoisotopic (exact) mass is 309 g/mol. The highest BCUT2D eigenvalue weighted by atomic mass is 16.3. The molecule has 3 rings (SSSR count). The minimum absolute atomic E-state index is 0.0618. The van der Waals surface area contributed by atoms with Crippen LogP contribution in [0.5, 0.6) is 0 Å². The maximum atomic E-state index is 12.3. The van der Waals surface area contributed by atoms with Gasteiger partial charge >= 0.3 is 0 Å². The van der Waals surface area contributed by atoms with Gasteiger partial charge in [-0.25, -0.2) is 0 Å². The maximum Gasteiger partial charge on any atom is 0.276 e. The molecule has 0 spiro atoms. The summed E-state index contributed by atoms with van der Waals surface area (Å²) in [5.41, 5.74) is 1.62. The molecule has 0 aliphatic carbocycles. The summed E-state index contributed by atoms with van der Waals surface area (Å²) in [6.07, 6.45) is 0. The Morgan fingerprint density at radius 2 is 1.91 bits per heavy atom. The number of amides is 1. The summed E-state index contributed by atoms with van der Waals surface area (Å²) >= 11 is 0. The minimum Gasteiger partial charge on any atom is -0.392 e. The Kier molecular flexibility index (Phi) is 4.16. The summed E-state index contributed by atoms with van der Waals surface area (Å²) in [5.74, 6) is -0.536. The molecular weight excluding hydrogens is 294 g/mol. The van der Waals surface area contributed by atoms with Gasteiger partial charge in [0.25, 0.3) is 5.91 Å². The predicted octanol–water partition coefficient (Wildman–Crippen LogP) is 1.35. The first-order valence-corrected chi connectivity index (χ1v) is 7.13. The molecule has 0 atom stereocenters. The van der Waals surface area contributed by atoms with Gasteiger partial charge in [0.15, 0.2) is 5.69 Å². The van der Waals surface area contributed by atoms with Crippen molar-refractivity contribution in [1.29, 1.82) is 0 Å². The van der Waals surface area contributed by atoms with Crippen LogP contribution >= 0.6 is 0 Å². The summed E-state index contributed by atoms with van der Waals surface area (Å²) < 4.78 is 0. The number of aliphatic hydroxyl groups is 1. The second-order valence-electron chi connectivity index (χ2n) is 5.11. The fourth-order valence-corrected chi connectivity index (χ4v) is 2.33. The first-order chi connectivity index (χ1) is 11.2. The van der Waals surface area contributed by atoms with Crippen molar-refractivity contribution in [3.05, 3.63) is 75.6 Å². The zero-order valence-electron chi connectivity index (χ0n) is 12.2. The second kappa shape index (κ2) is 6.41. The Labute approximate surface area is 131 Å². The van der Waals surface area contributed by atoms with Crippen LogP contribution in [0.1, 0.15) is 21.6 Å². The van der Waals surface area contributed by atoms with Gasteiger partial charge in [0.2, 0.25) is 5.43 Å². The molecule has 116 valence electrons. The van der Waals surface area contributed by atoms with Crippen molar-refractivity contribution >= 4 is 16.8 Å². The number of hydrogen-bond acceptors (Lipinski definition) is 4. The van der Waals surface area contributed by atoms with E-state index in [1.807, 2.05) is 6.07 Å². The van der Waals surface area contributed by atoms with Crippen molar-refractivity contribution in [3.63, 3.8) is 0 Å². The van der Waals surface area contributed by atoms with E-state index in [1.165, 1.54) is 0 Å². The average Bonchev–Trinajstić information content (AvgIpc) is 2.60. The Bertz CT molecular complexity index is 918. The van der Waals surface area contributed by atoms with Crippen molar-refractivity contribution in [1.82, 2.24) is 15.5 Å². The molecule has 0 aliphatic rings. The van der Waals surface area contributed by atoms with Gasteiger partial charge in [0.05, 0.1) is 12.1 Å². The molecule has 0 bridgehead atoms. The topological polar surface area (TPSA) is 95.1 Å². The van der Waals surface area contributed by atoms with E-state index < -0.39 is 11.3 Å². The molecule has 0 aliphatic heterocycles. The van der Waals surface area contributed by atoms with Crippen LogP contribution in [0.3, 0.4) is 0 Å². The average molecular weight is 309 g/mol. The number of H-pyrrole nitrogens is 1. The predicted molar refractivity (Wildman–Crippen MR) is 85.9 cm³/mol. The molecule has 6 nitrogen and oxygen atoms in total. The molecule has 0 fully saturated rings. The van der Waals surface area contributed by atoms with Gasteiger partial charge in [-0.2, -0.15) is 5.10 Å². The van der Waals surface area contributed by atoms with E-state index in [0.29, 0.717) is 10.9 Å². The summed E-state index contributed by atoms with van der Waals surface area (Å²) in [4.78, 5) is 24.5. The Morgan fingerprint density at radius 3 is 2.74 bits per heavy atom. The molecular formula is C17H15N3O3. The quantitative estimate of drug-likeness (QED) is 0.678. The molecule has 1 amide bonds. The lowest BCUT2D eigenvalue weighted by Gasteiger charge is -2.06. The van der Waals surface area contributed by atoms with Crippen LogP contribution in [0, 0.1) is 0 Å². The molecule has 0 saturated carbocycles. The molecule has 0 saturated heterocycles. The third kappa shape index (κ3) is 3.12. The zero-order chi connectivity index (χ0) is 16.2. The molecule has 6 heteroatoms. The number of nitrogens with one attached hydrogen (secondary N) is 2. The van der Waals surface area contributed by atoms with Crippen LogP contribution in [-0.4, -0.2) is 21.2 Å². The first-order valence-electron chi connectivity index (χ1n) is 7.13. The molecule has 3 aromatic rings. The van der Waals surface area contributed by atoms with E-state index >= 15 is 0 Å². The largest absolute Gasteiger partial charge is 0.392 e. The van der Waals surface area contributed by atoms with Crippen molar-refractivity contribution in [2.24, 2.45) is 0 Å². The molecule has 23 heavy (non-hydrogen) atoms. The van der Waals surface area contributed by atoms with Crippen LogP contribution in [-0.2, 0) is 13.2 Å². The first kappa shape index (κ1) is 14.9. The van der Waals surface area contributed by atoms with E-state index in [2.05, 4.69) is 15.5 Å². The summed E-state index contributed by atoms with van der Waals surface area (Å²) in [5, 5.41) is 18.8. The number of hydrogen-bond donors (Lipinski definition) is 3. The van der Waals surface area contributed by atoms with Crippen molar-refractivity contribution < 1.29 is 9.90 Å². The van der Waals surface area contributed by atoms with E-state index in [4.69, 9.17) is 5.11 Å². The third-order valence-corrected chi connectivity index (χ3v) is 3.52. The van der Waals surface area contributed by atoms with Gasteiger partial charge in [0.1, 0.15) is 0 Å². The van der Waals surface area contributed by atoms with Crippen LogP contribution in [0.4, 0.5) is 0 Å². The van der Waals surface area contributed by atoms with E-state index in [1.54, 1.807) is 42.5 Å². The molecule has 1 heterocycles. The van der Waals surface area contributed by atoms with Gasteiger partial charge in [0, 0.05) is 11.9 Å². The molecule has 0 unspecified atom stereocenters. The lowest BCUT2D eigenvalue weighted by molar-refractivity contribution is 0.0944. The minimum atomic E-state index is -0.536. The van der Waals surface area contributed by atoms with Gasteiger partial charge in [-0.1, -0.05) is 36.4 Å². The normalized spacial score (nSPS) is 10.7. The number of nitrogens with zero attached hydrogens (tertiary/aromatic N) is 1. The molecule has 2 aromatic carbocycles. The number of para-hydroxylation sites is 1. The highest BCUT2D eigenvalue weighted by Gasteiger charge is 2.14. The van der Waals surface area contributed by atoms with Gasteiger partial charge in [-0.3, -0.25) is 14.7 Å². The van der Waals surface area contributed by atoms with Gasteiger partial charge in [-0.05, 0) is 23.3 Å². The Morgan fingerprint density at radius 1 is 1.13 bits per heavy atom. The lowest BCUT2D eigenvalue weighted by atomic mass is 10.1. The smallest absolute Gasteiger partial charge is 0.276 e. The Hall–Kier alpha value is -2.99. The number of rotatable bonds is 4. The van der Waals surface area contributed by atoms with E-state index in [0.717, 1.165) is 11.1 Å². The van der Waals surface area contributed by atoms with Gasteiger partial charge < -0.3 is 10.4 Å².